The molecule has 0 aliphatic carbocycles. The van der Waals surface area contributed by atoms with Gasteiger partial charge in [-0.15, -0.1) is 11.3 Å². The van der Waals surface area contributed by atoms with E-state index in [-0.39, 0.29) is 19.1 Å². The molecule has 0 fully saturated rings. The summed E-state index contributed by atoms with van der Waals surface area (Å²) in [5.41, 5.74) is 6.24. The highest BCUT2D eigenvalue weighted by atomic mass is 32.1. The maximum Gasteiger partial charge on any atom is 0.340 e. The monoisotopic (exact) mass is 486 g/mol. The Labute approximate surface area is 205 Å². The van der Waals surface area contributed by atoms with Crippen LogP contribution in [0.15, 0.2) is 47.8 Å². The molecule has 35 heavy (non-hydrogen) atoms. The number of hydrogen-bond acceptors (Lipinski definition) is 7. The Morgan fingerprint density at radius 3 is 2.69 bits per heavy atom. The average molecular weight is 487 g/mol. The van der Waals surface area contributed by atoms with Gasteiger partial charge in [-0.3, -0.25) is 4.79 Å². The zero-order chi connectivity index (χ0) is 24.5. The number of ether oxygens (including phenoxy) is 1. The summed E-state index contributed by atoms with van der Waals surface area (Å²) in [7, 11) is 0. The Morgan fingerprint density at radius 2 is 1.91 bits per heavy atom. The van der Waals surface area contributed by atoms with E-state index in [9.17, 15) is 9.59 Å². The fourth-order valence-corrected chi connectivity index (χ4v) is 4.84. The fourth-order valence-electron chi connectivity index (χ4n) is 4.02. The molecule has 0 radical (unpaired) electrons. The number of aliphatic hydroxyl groups is 1. The second-order valence-electron chi connectivity index (χ2n) is 8.03. The molecule has 8 nitrogen and oxygen atoms in total. The first kappa shape index (κ1) is 22.7. The zero-order valence-electron chi connectivity index (χ0n) is 19.1. The topological polar surface area (TPSA) is 117 Å². The number of aliphatic hydroxyl groups excluding tert-OH is 1. The number of pyridine rings is 1. The van der Waals surface area contributed by atoms with Crippen molar-refractivity contribution in [3.63, 3.8) is 0 Å². The van der Waals surface area contributed by atoms with Crippen molar-refractivity contribution in [2.75, 3.05) is 18.5 Å². The van der Waals surface area contributed by atoms with Gasteiger partial charge in [0.25, 0.3) is 5.91 Å². The number of nitrogens with zero attached hydrogens (tertiary/aromatic N) is 2. The van der Waals surface area contributed by atoms with Crippen LogP contribution in [0, 0.1) is 13.8 Å². The van der Waals surface area contributed by atoms with E-state index in [0.717, 1.165) is 16.3 Å². The van der Waals surface area contributed by atoms with Crippen LogP contribution in [0.3, 0.4) is 0 Å². The Morgan fingerprint density at radius 1 is 1.11 bits per heavy atom. The van der Waals surface area contributed by atoms with E-state index >= 15 is 0 Å². The van der Waals surface area contributed by atoms with E-state index in [0.29, 0.717) is 45.2 Å². The van der Waals surface area contributed by atoms with Gasteiger partial charge in [0.15, 0.2) is 0 Å². The van der Waals surface area contributed by atoms with E-state index in [1.807, 2.05) is 47.8 Å². The molecular formula is C26H22N4O4S. The Hall–Kier alpha value is -4.08. The second kappa shape index (κ2) is 9.28. The van der Waals surface area contributed by atoms with Crippen LogP contribution in [-0.4, -0.2) is 45.1 Å². The molecular weight excluding hydrogens is 464 g/mol. The number of thiazole rings is 1. The number of carbonyl (C=O) groups excluding carboxylic acids is 2. The van der Waals surface area contributed by atoms with Gasteiger partial charge in [0.1, 0.15) is 23.0 Å². The molecule has 1 aromatic carbocycles. The van der Waals surface area contributed by atoms with Crippen LogP contribution < -0.4 is 5.32 Å². The highest BCUT2D eigenvalue weighted by molar-refractivity contribution is 7.13. The number of esters is 1. The normalized spacial score (nSPS) is 13.7. The maximum absolute atomic E-state index is 12.8. The summed E-state index contributed by atoms with van der Waals surface area (Å²) in [4.78, 5) is 37.8. The smallest absolute Gasteiger partial charge is 0.340 e. The molecule has 1 aliphatic rings. The number of benzene rings is 1. The van der Waals surface area contributed by atoms with E-state index in [4.69, 9.17) is 19.8 Å². The number of aromatic nitrogens is 3. The van der Waals surface area contributed by atoms with Gasteiger partial charge in [0.05, 0.1) is 29.1 Å². The summed E-state index contributed by atoms with van der Waals surface area (Å²) >= 11 is 1.54. The summed E-state index contributed by atoms with van der Waals surface area (Å²) < 4.78 is 5.07. The van der Waals surface area contributed by atoms with E-state index in [1.165, 1.54) is 11.3 Å². The lowest BCUT2D eigenvalue weighted by Gasteiger charge is -2.03. The third kappa shape index (κ3) is 4.27. The number of rotatable bonds is 6. The Kier molecular flexibility index (Phi) is 6.02. The van der Waals surface area contributed by atoms with Crippen LogP contribution in [-0.2, 0) is 9.53 Å². The highest BCUT2D eigenvalue weighted by Crippen LogP contribution is 2.35. The van der Waals surface area contributed by atoms with Crippen LogP contribution in [0.4, 0.5) is 5.69 Å². The zero-order valence-corrected chi connectivity index (χ0v) is 19.9. The van der Waals surface area contributed by atoms with Crippen LogP contribution in [0.25, 0.3) is 33.6 Å². The molecule has 4 heterocycles. The summed E-state index contributed by atoms with van der Waals surface area (Å²) in [5.74, 6) is -0.798. The number of hydrogen-bond donors (Lipinski definition) is 3. The van der Waals surface area contributed by atoms with E-state index in [1.54, 1.807) is 19.9 Å². The summed E-state index contributed by atoms with van der Waals surface area (Å²) in [6.07, 6.45) is 1.69. The Balaban J connectivity index is 1.50. The van der Waals surface area contributed by atoms with Crippen LogP contribution in [0.1, 0.15) is 33.0 Å². The van der Waals surface area contributed by atoms with Crippen molar-refractivity contribution >= 4 is 40.5 Å². The standard InChI is InChI=1S/C26H22N4O4S/c1-14-20(27-15(2)22(14)26(33)34-11-10-31)12-17-23-19(29-24(17)32)9-8-18(28-23)21-13-35-25(30-21)16-6-4-3-5-7-16/h3-9,12-13,27,31H,10-11H2,1-2H3,(H,29,32). The number of H-pyrrole nitrogens is 1. The van der Waals surface area contributed by atoms with Gasteiger partial charge in [-0.2, -0.15) is 0 Å². The van der Waals surface area contributed by atoms with Gasteiger partial charge in [-0.1, -0.05) is 30.3 Å². The molecule has 3 aromatic heterocycles. The first-order chi connectivity index (χ1) is 17.0. The molecule has 0 spiro atoms. The van der Waals surface area contributed by atoms with Gasteiger partial charge >= 0.3 is 5.97 Å². The van der Waals surface area contributed by atoms with Crippen molar-refractivity contribution in [1.29, 1.82) is 0 Å². The molecule has 0 bridgehead atoms. The van der Waals surface area contributed by atoms with Crippen molar-refractivity contribution in [2.24, 2.45) is 0 Å². The molecule has 176 valence electrons. The lowest BCUT2D eigenvalue weighted by Crippen LogP contribution is -2.10. The fraction of sp³-hybridized carbons (Fsp3) is 0.154. The van der Waals surface area contributed by atoms with Crippen molar-refractivity contribution < 1.29 is 19.4 Å². The molecule has 4 aromatic rings. The molecule has 0 unspecified atom stereocenters. The molecule has 5 rings (SSSR count). The van der Waals surface area contributed by atoms with Crippen molar-refractivity contribution in [3.8, 4) is 22.0 Å². The Bertz CT molecular complexity index is 1470. The first-order valence-corrected chi connectivity index (χ1v) is 11.9. The number of fused-ring (bicyclic) bond motifs is 1. The first-order valence-electron chi connectivity index (χ1n) is 11.0. The van der Waals surface area contributed by atoms with Gasteiger partial charge in [-0.05, 0) is 37.6 Å². The second-order valence-corrected chi connectivity index (χ2v) is 8.89. The predicted octanol–water partition coefficient (Wildman–Crippen LogP) is 4.46. The van der Waals surface area contributed by atoms with E-state index < -0.39 is 5.97 Å². The predicted molar refractivity (Wildman–Crippen MR) is 135 cm³/mol. The molecule has 0 saturated carbocycles. The van der Waals surface area contributed by atoms with Crippen molar-refractivity contribution in [2.45, 2.75) is 13.8 Å². The number of anilines is 1. The SMILES string of the molecule is Cc1[nH]c(C=C2C(=O)Nc3ccc(-c4csc(-c5ccccc5)n4)nc32)c(C)c1C(=O)OCCO. The third-order valence-corrected chi connectivity index (χ3v) is 6.62. The van der Waals surface area contributed by atoms with Crippen molar-refractivity contribution in [1.82, 2.24) is 15.0 Å². The number of aryl methyl sites for hydroxylation is 1. The summed E-state index contributed by atoms with van der Waals surface area (Å²) in [6, 6.07) is 13.6. The molecule has 9 heteroatoms. The molecule has 3 N–H and O–H groups in total. The number of aromatic amines is 1. The lowest BCUT2D eigenvalue weighted by atomic mass is 10.1. The maximum atomic E-state index is 12.8. The summed E-state index contributed by atoms with van der Waals surface area (Å²) in [6.45, 7) is 3.21. The molecule has 1 amide bonds. The van der Waals surface area contributed by atoms with Gasteiger partial charge in [-0.25, -0.2) is 14.8 Å². The number of carbonyl (C=O) groups is 2. The number of amides is 1. The minimum absolute atomic E-state index is 0.0790. The minimum atomic E-state index is -0.524. The quantitative estimate of drug-likeness (QED) is 0.274. The van der Waals surface area contributed by atoms with Crippen LogP contribution in [0.5, 0.6) is 0 Å². The van der Waals surface area contributed by atoms with Gasteiger partial charge < -0.3 is 20.1 Å². The van der Waals surface area contributed by atoms with Crippen LogP contribution in [0.2, 0.25) is 0 Å². The average Bonchev–Trinajstić information content (AvgIpc) is 3.54. The lowest BCUT2D eigenvalue weighted by molar-refractivity contribution is -0.110. The molecule has 0 saturated heterocycles. The largest absolute Gasteiger partial charge is 0.460 e. The summed E-state index contributed by atoms with van der Waals surface area (Å²) in [5, 5.41) is 14.6. The van der Waals surface area contributed by atoms with E-state index in [2.05, 4.69) is 10.3 Å². The van der Waals surface area contributed by atoms with Gasteiger partial charge in [0, 0.05) is 22.3 Å². The third-order valence-electron chi connectivity index (χ3n) is 5.72. The number of nitrogens with one attached hydrogen (secondary N) is 2. The van der Waals surface area contributed by atoms with Crippen LogP contribution >= 0.6 is 11.3 Å². The van der Waals surface area contributed by atoms with Gasteiger partial charge in [0.2, 0.25) is 0 Å². The highest BCUT2D eigenvalue weighted by Gasteiger charge is 2.28. The minimum Gasteiger partial charge on any atom is -0.460 e. The molecule has 0 atom stereocenters. The van der Waals surface area contributed by atoms with Crippen molar-refractivity contribution in [3.05, 3.63) is 76.1 Å². The molecule has 1 aliphatic heterocycles.